The summed E-state index contributed by atoms with van der Waals surface area (Å²) in [6, 6.07) is 11.9. The molecule has 0 aromatic heterocycles. The molecular formula is C16H15F3O2. The van der Waals surface area contributed by atoms with Gasteiger partial charge in [0.25, 0.3) is 0 Å². The minimum Gasteiger partial charge on any atom is -0.489 e. The summed E-state index contributed by atoms with van der Waals surface area (Å²) in [5.41, 5.74) is 0.435. The number of benzene rings is 2. The van der Waals surface area contributed by atoms with Crippen LogP contribution in [0.2, 0.25) is 0 Å². The first-order valence-electron chi connectivity index (χ1n) is 6.43. The predicted molar refractivity (Wildman–Crippen MR) is 72.9 cm³/mol. The van der Waals surface area contributed by atoms with E-state index in [0.717, 1.165) is 12.1 Å². The molecule has 0 radical (unpaired) electrons. The minimum absolute atomic E-state index is 0.0349. The lowest BCUT2D eigenvalue weighted by molar-refractivity contribution is -0.137. The Hall–Kier alpha value is -2.01. The Kier molecular flexibility index (Phi) is 4.53. The first kappa shape index (κ1) is 15.4. The summed E-state index contributed by atoms with van der Waals surface area (Å²) in [5, 5.41) is 9.48. The Balaban J connectivity index is 2.08. The molecule has 112 valence electrons. The van der Waals surface area contributed by atoms with Crippen molar-refractivity contribution in [2.24, 2.45) is 0 Å². The van der Waals surface area contributed by atoms with Gasteiger partial charge in [-0.1, -0.05) is 24.3 Å². The van der Waals surface area contributed by atoms with Crippen LogP contribution in [0.15, 0.2) is 48.5 Å². The summed E-state index contributed by atoms with van der Waals surface area (Å²) in [4.78, 5) is 0. The second-order valence-electron chi connectivity index (χ2n) is 4.74. The Bertz CT molecular complexity index is 606. The number of ether oxygens (including phenoxy) is 1. The summed E-state index contributed by atoms with van der Waals surface area (Å²) in [6.45, 7) is 1.67. The molecule has 2 aromatic rings. The van der Waals surface area contributed by atoms with E-state index in [2.05, 4.69) is 0 Å². The van der Waals surface area contributed by atoms with Crippen molar-refractivity contribution in [2.45, 2.75) is 25.8 Å². The fraction of sp³-hybridized carbons (Fsp3) is 0.250. The summed E-state index contributed by atoms with van der Waals surface area (Å²) in [7, 11) is 0. The third kappa shape index (κ3) is 4.23. The zero-order valence-electron chi connectivity index (χ0n) is 11.4. The predicted octanol–water partition coefficient (Wildman–Crippen LogP) is 4.34. The highest BCUT2D eigenvalue weighted by atomic mass is 19.4. The summed E-state index contributed by atoms with van der Waals surface area (Å²) in [6.07, 6.45) is -4.98. The van der Waals surface area contributed by atoms with Crippen LogP contribution in [0.4, 0.5) is 13.2 Å². The maximum Gasteiger partial charge on any atom is 0.416 e. The zero-order chi connectivity index (χ0) is 15.5. The Morgan fingerprint density at radius 2 is 1.81 bits per heavy atom. The van der Waals surface area contributed by atoms with E-state index in [9.17, 15) is 18.3 Å². The number of rotatable bonds is 4. The number of aliphatic hydroxyl groups is 1. The van der Waals surface area contributed by atoms with Crippen LogP contribution < -0.4 is 4.74 Å². The van der Waals surface area contributed by atoms with Crippen LogP contribution in [0.25, 0.3) is 0 Å². The van der Waals surface area contributed by atoms with Crippen LogP contribution in [-0.2, 0) is 12.8 Å². The zero-order valence-corrected chi connectivity index (χ0v) is 11.4. The maximum absolute atomic E-state index is 12.6. The molecule has 21 heavy (non-hydrogen) atoms. The fourth-order valence-electron chi connectivity index (χ4n) is 1.87. The second kappa shape index (κ2) is 6.18. The van der Waals surface area contributed by atoms with Gasteiger partial charge in [-0.25, -0.2) is 0 Å². The van der Waals surface area contributed by atoms with Crippen LogP contribution in [0, 0.1) is 0 Å². The summed E-state index contributed by atoms with van der Waals surface area (Å²) < 4.78 is 43.3. The molecule has 0 aliphatic heterocycles. The van der Waals surface area contributed by atoms with Crippen LogP contribution in [0.5, 0.6) is 5.75 Å². The smallest absolute Gasteiger partial charge is 0.416 e. The lowest BCUT2D eigenvalue weighted by Gasteiger charge is -2.11. The summed E-state index contributed by atoms with van der Waals surface area (Å²) in [5.74, 6) is 0.505. The van der Waals surface area contributed by atoms with Gasteiger partial charge in [0.05, 0.1) is 11.7 Å². The molecule has 0 aliphatic rings. The van der Waals surface area contributed by atoms with Crippen molar-refractivity contribution >= 4 is 0 Å². The van der Waals surface area contributed by atoms with E-state index < -0.39 is 17.8 Å². The molecule has 2 aromatic carbocycles. The molecule has 1 N–H and O–H groups in total. The number of halogens is 3. The molecule has 0 fully saturated rings. The van der Waals surface area contributed by atoms with Crippen molar-refractivity contribution in [2.75, 3.05) is 0 Å². The van der Waals surface area contributed by atoms with Gasteiger partial charge in [-0.3, -0.25) is 0 Å². The van der Waals surface area contributed by atoms with Crippen LogP contribution in [0.1, 0.15) is 29.7 Å². The van der Waals surface area contributed by atoms with Crippen molar-refractivity contribution in [1.29, 1.82) is 0 Å². The van der Waals surface area contributed by atoms with Crippen molar-refractivity contribution in [1.82, 2.24) is 0 Å². The standard InChI is InChI=1S/C16H15F3O2/c1-11(20)13-5-3-7-15(9-13)21-10-12-4-2-6-14(8-12)16(17,18)19/h2-9,11,20H,10H2,1H3/t11-/m1/s1. The molecule has 2 nitrogen and oxygen atoms in total. The van der Waals surface area contributed by atoms with Gasteiger partial charge in [0, 0.05) is 0 Å². The molecule has 5 heteroatoms. The van der Waals surface area contributed by atoms with Crippen LogP contribution in [-0.4, -0.2) is 5.11 Å². The van der Waals surface area contributed by atoms with E-state index in [1.54, 1.807) is 37.3 Å². The number of hydrogen-bond acceptors (Lipinski definition) is 2. The van der Waals surface area contributed by atoms with Gasteiger partial charge in [0.2, 0.25) is 0 Å². The molecule has 0 aliphatic carbocycles. The Labute approximate surface area is 120 Å². The van der Waals surface area contributed by atoms with Crippen molar-refractivity contribution in [3.8, 4) is 5.75 Å². The molecule has 2 rings (SSSR count). The average molecular weight is 296 g/mol. The van der Waals surface area contributed by atoms with Crippen molar-refractivity contribution in [3.63, 3.8) is 0 Å². The van der Waals surface area contributed by atoms with E-state index >= 15 is 0 Å². The van der Waals surface area contributed by atoms with E-state index in [1.807, 2.05) is 0 Å². The third-order valence-electron chi connectivity index (χ3n) is 3.00. The molecule has 0 saturated heterocycles. The monoisotopic (exact) mass is 296 g/mol. The molecule has 0 amide bonds. The molecule has 0 bridgehead atoms. The Morgan fingerprint density at radius 3 is 2.48 bits per heavy atom. The van der Waals surface area contributed by atoms with Gasteiger partial charge in [-0.2, -0.15) is 13.2 Å². The number of hydrogen-bond donors (Lipinski definition) is 1. The number of alkyl halides is 3. The SMILES string of the molecule is C[C@@H](O)c1cccc(OCc2cccc(C(F)(F)F)c2)c1. The van der Waals surface area contributed by atoms with E-state index in [1.165, 1.54) is 6.07 Å². The second-order valence-corrected chi connectivity index (χ2v) is 4.74. The topological polar surface area (TPSA) is 29.5 Å². The van der Waals surface area contributed by atoms with Gasteiger partial charge in [-0.05, 0) is 42.3 Å². The van der Waals surface area contributed by atoms with Gasteiger partial charge in [-0.15, -0.1) is 0 Å². The lowest BCUT2D eigenvalue weighted by atomic mass is 10.1. The molecular weight excluding hydrogens is 281 g/mol. The normalized spacial score (nSPS) is 13.0. The van der Waals surface area contributed by atoms with E-state index in [-0.39, 0.29) is 6.61 Å². The minimum atomic E-state index is -4.36. The molecule has 0 spiro atoms. The highest BCUT2D eigenvalue weighted by Crippen LogP contribution is 2.29. The Morgan fingerprint density at radius 1 is 1.10 bits per heavy atom. The average Bonchev–Trinajstić information content (AvgIpc) is 2.45. The van der Waals surface area contributed by atoms with Gasteiger partial charge in [0.1, 0.15) is 12.4 Å². The van der Waals surface area contributed by atoms with Crippen LogP contribution in [0.3, 0.4) is 0 Å². The van der Waals surface area contributed by atoms with Crippen molar-refractivity contribution < 1.29 is 23.0 Å². The van der Waals surface area contributed by atoms with Gasteiger partial charge < -0.3 is 9.84 Å². The van der Waals surface area contributed by atoms with Crippen molar-refractivity contribution in [3.05, 3.63) is 65.2 Å². The molecule has 0 unspecified atom stereocenters. The highest BCUT2D eigenvalue weighted by molar-refractivity contribution is 5.30. The molecule has 0 saturated carbocycles. The van der Waals surface area contributed by atoms with Gasteiger partial charge >= 0.3 is 6.18 Å². The first-order chi connectivity index (χ1) is 9.86. The largest absolute Gasteiger partial charge is 0.489 e. The summed E-state index contributed by atoms with van der Waals surface area (Å²) >= 11 is 0. The molecule has 1 atom stereocenters. The van der Waals surface area contributed by atoms with Gasteiger partial charge in [0.15, 0.2) is 0 Å². The van der Waals surface area contributed by atoms with Crippen LogP contribution >= 0.6 is 0 Å². The lowest BCUT2D eigenvalue weighted by Crippen LogP contribution is -2.06. The third-order valence-corrected chi connectivity index (χ3v) is 3.00. The molecule has 0 heterocycles. The fourth-order valence-corrected chi connectivity index (χ4v) is 1.87. The van der Waals surface area contributed by atoms with E-state index in [4.69, 9.17) is 4.74 Å². The quantitative estimate of drug-likeness (QED) is 0.909. The highest BCUT2D eigenvalue weighted by Gasteiger charge is 2.30. The maximum atomic E-state index is 12.6. The number of aliphatic hydroxyl groups excluding tert-OH is 1. The van der Waals surface area contributed by atoms with E-state index in [0.29, 0.717) is 16.9 Å². The first-order valence-corrected chi connectivity index (χ1v) is 6.43.